The summed E-state index contributed by atoms with van der Waals surface area (Å²) in [5.41, 5.74) is 0. The minimum absolute atomic E-state index is 0.314. The molecule has 2 aliphatic heterocycles. The number of rotatable bonds is 0. The van der Waals surface area contributed by atoms with Crippen LogP contribution in [-0.2, 0) is 4.79 Å². The van der Waals surface area contributed by atoms with Gasteiger partial charge >= 0.3 is 0 Å². The largest absolute Gasteiger partial charge is 0.344 e. The highest BCUT2D eigenvalue weighted by molar-refractivity contribution is 5.77. The summed E-state index contributed by atoms with van der Waals surface area (Å²) < 4.78 is 32.7. The van der Waals surface area contributed by atoms with Gasteiger partial charge < -0.3 is 4.90 Å². The average Bonchev–Trinajstić information content (AvgIpc) is 2.41. The van der Waals surface area contributed by atoms with Crippen molar-refractivity contribution in [2.45, 2.75) is 31.3 Å². The quantitative estimate of drug-likeness (QED) is 0.482. The maximum atomic E-state index is 11.4. The number of carbonyl (C=O) groups excluding carboxylic acids is 1. The van der Waals surface area contributed by atoms with Crippen LogP contribution in [0.4, 0.5) is 0 Å². The zero-order valence-electron chi connectivity index (χ0n) is 9.84. The highest BCUT2D eigenvalue weighted by atomic mass is 35.7. The zero-order valence-corrected chi connectivity index (χ0v) is 10.6. The van der Waals surface area contributed by atoms with Gasteiger partial charge in [0.1, 0.15) is 0 Å². The maximum Gasteiger partial charge on any atom is 0.223 e. The maximum absolute atomic E-state index is 11.4. The molecule has 100 valence electrons. The summed E-state index contributed by atoms with van der Waals surface area (Å²) in [6, 6.07) is 1.14. The molecule has 2 unspecified atom stereocenters. The molecule has 1 amide bonds. The molecule has 2 fully saturated rings. The molecule has 2 bridgehead atoms. The molecule has 17 heavy (non-hydrogen) atoms. The minimum Gasteiger partial charge on any atom is -0.344 e. The van der Waals surface area contributed by atoms with Gasteiger partial charge in [-0.25, -0.2) is 0 Å². The summed E-state index contributed by atoms with van der Waals surface area (Å²) in [7, 11) is -0.633. The van der Waals surface area contributed by atoms with Crippen LogP contribution < -0.4 is 14.0 Å². The average molecular weight is 269 g/mol. The molecule has 2 atom stereocenters. The van der Waals surface area contributed by atoms with Gasteiger partial charge in [-0.2, -0.15) is 14.0 Å². The van der Waals surface area contributed by atoms with Crippen molar-refractivity contribution in [2.75, 3.05) is 20.6 Å². The smallest absolute Gasteiger partial charge is 0.223 e. The Morgan fingerprint density at radius 1 is 1.24 bits per heavy atom. The van der Waals surface area contributed by atoms with E-state index in [-0.39, 0.29) is 0 Å². The molecule has 0 radical (unpaired) electrons. The lowest BCUT2D eigenvalue weighted by Crippen LogP contribution is -2.58. The van der Waals surface area contributed by atoms with E-state index >= 15 is 0 Å². The van der Waals surface area contributed by atoms with Crippen LogP contribution in [0.1, 0.15) is 19.3 Å². The molecule has 0 aromatic heterocycles. The number of nitrogens with zero attached hydrogens (tertiary/aromatic N) is 2. The Morgan fingerprint density at radius 2 is 1.71 bits per heavy atom. The summed E-state index contributed by atoms with van der Waals surface area (Å²) >= 11 is 0. The lowest BCUT2D eigenvalue weighted by Gasteiger charge is -2.22. The van der Waals surface area contributed by atoms with E-state index in [1.807, 2.05) is 11.9 Å². The van der Waals surface area contributed by atoms with E-state index in [1.165, 1.54) is 12.8 Å². The number of hydrogen-bond donors (Lipinski definition) is 1. The Bertz CT molecular complexity index is 277. The Balaban J connectivity index is 0.000000249. The summed E-state index contributed by atoms with van der Waals surface area (Å²) in [5.74, 6) is 0.314. The van der Waals surface area contributed by atoms with Crippen LogP contribution >= 0.6 is 0 Å². The van der Waals surface area contributed by atoms with E-state index in [2.05, 4.69) is 11.9 Å². The topological polar surface area (TPSA) is 113 Å². The number of carbonyl (C=O) groups is 1. The first-order chi connectivity index (χ1) is 7.68. The Labute approximate surface area is 102 Å². The van der Waals surface area contributed by atoms with Crippen molar-refractivity contribution in [2.24, 2.45) is 0 Å². The first kappa shape index (κ1) is 14.6. The Morgan fingerprint density at radius 3 is 2.24 bits per heavy atom. The van der Waals surface area contributed by atoms with Crippen molar-refractivity contribution < 1.29 is 33.7 Å². The number of amides is 1. The number of likely N-dealkylation sites (N-methyl/N-ethyl adjacent to an activating group) is 2. The van der Waals surface area contributed by atoms with Crippen molar-refractivity contribution >= 4 is 5.91 Å². The molecule has 2 saturated heterocycles. The van der Waals surface area contributed by atoms with Crippen LogP contribution in [0.25, 0.3) is 0 Å². The number of fused-ring (bicyclic) bond motifs is 2. The van der Waals surface area contributed by atoms with Crippen molar-refractivity contribution in [1.29, 1.82) is 0 Å². The molecule has 0 saturated carbocycles. The van der Waals surface area contributed by atoms with Gasteiger partial charge in [-0.1, -0.05) is 0 Å². The first-order valence-electron chi connectivity index (χ1n) is 5.27. The zero-order chi connectivity index (χ0) is 13.2. The second-order valence-corrected chi connectivity index (χ2v) is 5.22. The van der Waals surface area contributed by atoms with Gasteiger partial charge in [0.15, 0.2) is 0 Å². The van der Waals surface area contributed by atoms with Gasteiger partial charge in [-0.05, 0) is 19.9 Å². The first-order valence-corrected chi connectivity index (χ1v) is 6.54. The van der Waals surface area contributed by atoms with E-state index in [9.17, 15) is 4.79 Å². The lowest BCUT2D eigenvalue weighted by molar-refractivity contribution is -1.92. The predicted octanol–water partition coefficient (Wildman–Crippen LogP) is -3.81. The molecule has 2 aliphatic rings. The summed E-state index contributed by atoms with van der Waals surface area (Å²) in [4.78, 5) is 15.7. The monoisotopic (exact) mass is 268 g/mol. The Kier molecular flexibility index (Phi) is 4.70. The van der Waals surface area contributed by atoms with E-state index in [4.69, 9.17) is 18.6 Å². The third-order valence-corrected chi connectivity index (χ3v) is 3.31. The van der Waals surface area contributed by atoms with Gasteiger partial charge in [0.2, 0.25) is 5.91 Å². The molecule has 0 spiro atoms. The van der Waals surface area contributed by atoms with Crippen LogP contribution in [0.2, 0.25) is 0 Å². The second kappa shape index (κ2) is 5.47. The van der Waals surface area contributed by atoms with Crippen LogP contribution in [0.3, 0.4) is 0 Å². The second-order valence-electron chi connectivity index (χ2n) is 4.42. The third kappa shape index (κ3) is 4.74. The van der Waals surface area contributed by atoms with Gasteiger partial charge in [0, 0.05) is 32.1 Å². The normalized spacial score (nSPS) is 29.8. The lowest BCUT2D eigenvalue weighted by atomic mass is 10.1. The number of halogens is 1. The van der Waals surface area contributed by atoms with Crippen molar-refractivity contribution in [1.82, 2.24) is 9.80 Å². The van der Waals surface area contributed by atoms with Gasteiger partial charge in [-0.15, -0.1) is 0 Å². The minimum atomic E-state index is -4.69. The number of hydrogen-bond acceptors (Lipinski definition) is 6. The van der Waals surface area contributed by atoms with Crippen LogP contribution in [0.15, 0.2) is 0 Å². The SMILES string of the molecule is CN1CC2CCC(CC1=O)N2C.[O-][Cl+3]([O-])([O-])O. The molecule has 0 aromatic carbocycles. The van der Waals surface area contributed by atoms with Gasteiger partial charge in [-0.3, -0.25) is 9.69 Å². The molecule has 0 aromatic rings. The third-order valence-electron chi connectivity index (χ3n) is 3.31. The molecule has 7 nitrogen and oxygen atoms in total. The predicted molar refractivity (Wildman–Crippen MR) is 49.0 cm³/mol. The van der Waals surface area contributed by atoms with Gasteiger partial charge in [0.25, 0.3) is 0 Å². The van der Waals surface area contributed by atoms with Crippen LogP contribution in [0.5, 0.6) is 0 Å². The summed E-state index contributed by atoms with van der Waals surface area (Å²) in [6.07, 6.45) is 3.20. The standard InChI is InChI=1S/C9H16N2O.ClHO4/c1-10-6-8-4-3-7(11(8)2)5-9(10)12;2-1(3,4)5/h7-8H,3-6H2,1-2H3;(H,2,3,4,5). The van der Waals surface area contributed by atoms with Crippen LogP contribution in [-0.4, -0.2) is 53.1 Å². The summed E-state index contributed by atoms with van der Waals surface area (Å²) in [6.45, 7) is 0.922. The van der Waals surface area contributed by atoms with Crippen molar-refractivity contribution in [3.05, 3.63) is 0 Å². The van der Waals surface area contributed by atoms with E-state index in [1.54, 1.807) is 0 Å². The fraction of sp³-hybridized carbons (Fsp3) is 0.889. The molecule has 2 rings (SSSR count). The molecular formula is C9H17ClN2O5. The molecule has 8 heteroatoms. The highest BCUT2D eigenvalue weighted by Gasteiger charge is 2.36. The molecule has 0 aliphatic carbocycles. The van der Waals surface area contributed by atoms with Crippen molar-refractivity contribution in [3.63, 3.8) is 0 Å². The fourth-order valence-electron chi connectivity index (χ4n) is 2.33. The molecular weight excluding hydrogens is 252 g/mol. The Hall–Kier alpha value is -0.440. The van der Waals surface area contributed by atoms with Crippen LogP contribution in [0, 0.1) is 10.2 Å². The van der Waals surface area contributed by atoms with E-state index in [0.717, 1.165) is 13.0 Å². The van der Waals surface area contributed by atoms with Crippen molar-refractivity contribution in [3.8, 4) is 0 Å². The van der Waals surface area contributed by atoms with Gasteiger partial charge in [0.05, 0.1) is 14.9 Å². The molecule has 1 N–H and O–H groups in total. The fourth-order valence-corrected chi connectivity index (χ4v) is 2.33. The number of likely N-dealkylation sites (tertiary alicyclic amines) is 1. The summed E-state index contributed by atoms with van der Waals surface area (Å²) in [5, 5.41) is 0. The van der Waals surface area contributed by atoms with E-state index in [0.29, 0.717) is 18.0 Å². The highest BCUT2D eigenvalue weighted by Crippen LogP contribution is 2.28. The molecule has 2 heterocycles. The van der Waals surface area contributed by atoms with E-state index < -0.39 is 10.2 Å².